The maximum absolute atomic E-state index is 9.16. The Morgan fingerprint density at radius 2 is 2.19 bits per heavy atom. The molecule has 0 aromatic heterocycles. The van der Waals surface area contributed by atoms with E-state index in [1.54, 1.807) is 0 Å². The molecule has 0 aromatic carbocycles. The Balaban J connectivity index is 2.53. The van der Waals surface area contributed by atoms with Gasteiger partial charge in [-0.05, 0) is 25.8 Å². The van der Waals surface area contributed by atoms with Crippen LogP contribution in [-0.2, 0) is 0 Å². The molecule has 1 fully saturated rings. The summed E-state index contributed by atoms with van der Waals surface area (Å²) in [6, 6.07) is 3.64. The molecule has 0 spiro atoms. The lowest BCUT2D eigenvalue weighted by molar-refractivity contribution is 0.114. The Morgan fingerprint density at radius 1 is 1.44 bits per heavy atom. The van der Waals surface area contributed by atoms with Crippen LogP contribution < -0.4 is 5.32 Å². The van der Waals surface area contributed by atoms with E-state index in [0.717, 1.165) is 19.5 Å². The fourth-order valence-corrected chi connectivity index (χ4v) is 2.42. The second kappa shape index (κ2) is 6.88. The minimum Gasteiger partial charge on any atom is -0.313 e. The molecule has 0 radical (unpaired) electrons. The topological polar surface area (TPSA) is 39.1 Å². The minimum absolute atomic E-state index is 0.110. The van der Waals surface area contributed by atoms with Gasteiger partial charge < -0.3 is 5.32 Å². The summed E-state index contributed by atoms with van der Waals surface area (Å²) < 4.78 is 0. The van der Waals surface area contributed by atoms with Crippen LogP contribution in [0.4, 0.5) is 0 Å². The number of nitriles is 1. The molecule has 1 saturated heterocycles. The molecule has 3 heteroatoms. The Labute approximate surface area is 99.8 Å². The molecule has 2 atom stereocenters. The van der Waals surface area contributed by atoms with E-state index in [-0.39, 0.29) is 6.04 Å². The molecule has 1 heterocycles. The number of hydrogen-bond acceptors (Lipinski definition) is 3. The van der Waals surface area contributed by atoms with Crippen LogP contribution in [0, 0.1) is 11.3 Å². The third-order valence-corrected chi connectivity index (χ3v) is 3.37. The predicted octanol–water partition coefficient (Wildman–Crippen LogP) is 2.14. The minimum atomic E-state index is 0.110. The monoisotopic (exact) mass is 223 g/mol. The van der Waals surface area contributed by atoms with Crippen LogP contribution in [0.2, 0.25) is 0 Å². The predicted molar refractivity (Wildman–Crippen MR) is 67.2 cm³/mol. The van der Waals surface area contributed by atoms with Gasteiger partial charge in [-0.15, -0.1) is 0 Å². The van der Waals surface area contributed by atoms with Crippen LogP contribution in [0.25, 0.3) is 0 Å². The molecular formula is C13H25N3. The second-order valence-corrected chi connectivity index (χ2v) is 5.00. The first-order valence-corrected chi connectivity index (χ1v) is 6.57. The molecule has 0 saturated carbocycles. The van der Waals surface area contributed by atoms with Gasteiger partial charge in [-0.3, -0.25) is 4.90 Å². The van der Waals surface area contributed by atoms with Gasteiger partial charge >= 0.3 is 0 Å². The molecule has 2 unspecified atom stereocenters. The molecule has 0 aromatic rings. The molecule has 0 amide bonds. The Hall–Kier alpha value is -0.590. The second-order valence-electron chi connectivity index (χ2n) is 5.00. The number of nitrogens with zero attached hydrogens (tertiary/aromatic N) is 2. The third kappa shape index (κ3) is 3.77. The van der Waals surface area contributed by atoms with E-state index in [9.17, 15) is 0 Å². The summed E-state index contributed by atoms with van der Waals surface area (Å²) in [6.45, 7) is 8.57. The van der Waals surface area contributed by atoms with Crippen LogP contribution in [0.15, 0.2) is 0 Å². The van der Waals surface area contributed by atoms with E-state index in [1.165, 1.54) is 19.3 Å². The Morgan fingerprint density at radius 3 is 2.75 bits per heavy atom. The van der Waals surface area contributed by atoms with Crippen molar-refractivity contribution < 1.29 is 0 Å². The highest BCUT2D eigenvalue weighted by Crippen LogP contribution is 2.20. The van der Waals surface area contributed by atoms with Crippen molar-refractivity contribution in [3.63, 3.8) is 0 Å². The summed E-state index contributed by atoms with van der Waals surface area (Å²) in [7, 11) is 0. The Kier molecular flexibility index (Phi) is 5.79. The molecule has 16 heavy (non-hydrogen) atoms. The van der Waals surface area contributed by atoms with Gasteiger partial charge in [0.2, 0.25) is 0 Å². The molecule has 3 nitrogen and oxygen atoms in total. The number of hydrogen-bond donors (Lipinski definition) is 1. The highest BCUT2D eigenvalue weighted by molar-refractivity contribution is 4.95. The van der Waals surface area contributed by atoms with E-state index in [4.69, 9.17) is 5.26 Å². The van der Waals surface area contributed by atoms with Crippen LogP contribution in [0.3, 0.4) is 0 Å². The lowest BCUT2D eigenvalue weighted by atomic mass is 9.99. The van der Waals surface area contributed by atoms with Gasteiger partial charge in [-0.25, -0.2) is 0 Å². The van der Waals surface area contributed by atoms with Crippen LogP contribution in [0.5, 0.6) is 0 Å². The fraction of sp³-hybridized carbons (Fsp3) is 0.923. The summed E-state index contributed by atoms with van der Waals surface area (Å²) in [5, 5.41) is 12.7. The van der Waals surface area contributed by atoms with Gasteiger partial charge in [-0.2, -0.15) is 5.26 Å². The lowest BCUT2D eigenvalue weighted by Crippen LogP contribution is -2.50. The number of piperidine rings is 1. The summed E-state index contributed by atoms with van der Waals surface area (Å²) in [4.78, 5) is 2.40. The van der Waals surface area contributed by atoms with Crippen molar-refractivity contribution in [2.75, 3.05) is 13.1 Å². The lowest BCUT2D eigenvalue weighted by Gasteiger charge is -2.38. The summed E-state index contributed by atoms with van der Waals surface area (Å²) in [6.07, 6.45) is 4.73. The zero-order chi connectivity index (χ0) is 12.0. The fourth-order valence-electron chi connectivity index (χ4n) is 2.42. The van der Waals surface area contributed by atoms with E-state index in [1.807, 2.05) is 0 Å². The smallest absolute Gasteiger partial charge is 0.0978 e. The molecule has 0 aliphatic carbocycles. The third-order valence-electron chi connectivity index (χ3n) is 3.37. The van der Waals surface area contributed by atoms with Crippen molar-refractivity contribution in [2.24, 2.45) is 0 Å². The summed E-state index contributed by atoms with van der Waals surface area (Å²) >= 11 is 0. The number of likely N-dealkylation sites (tertiary alicyclic amines) is 1. The Bertz CT molecular complexity index is 232. The first-order chi connectivity index (χ1) is 7.69. The number of nitrogens with one attached hydrogen (secondary N) is 1. The first-order valence-electron chi connectivity index (χ1n) is 6.57. The van der Waals surface area contributed by atoms with Gasteiger partial charge in [-0.1, -0.05) is 27.2 Å². The van der Waals surface area contributed by atoms with E-state index < -0.39 is 0 Å². The first kappa shape index (κ1) is 13.5. The maximum Gasteiger partial charge on any atom is 0.0978 e. The standard InChI is InChI=1S/C13H25N3/c1-4-12(9-14)16-8-6-5-7-13(16)10-15-11(2)3/h11-13,15H,4-8,10H2,1-3H3. The zero-order valence-electron chi connectivity index (χ0n) is 10.9. The summed E-state index contributed by atoms with van der Waals surface area (Å²) in [5.74, 6) is 0. The quantitative estimate of drug-likeness (QED) is 0.776. The summed E-state index contributed by atoms with van der Waals surface area (Å²) in [5.41, 5.74) is 0. The number of rotatable bonds is 5. The van der Waals surface area contributed by atoms with Gasteiger partial charge in [0.1, 0.15) is 0 Å². The maximum atomic E-state index is 9.16. The molecule has 1 rings (SSSR count). The van der Waals surface area contributed by atoms with Gasteiger partial charge in [0, 0.05) is 18.6 Å². The van der Waals surface area contributed by atoms with Gasteiger partial charge in [0.15, 0.2) is 0 Å². The van der Waals surface area contributed by atoms with Crippen LogP contribution in [-0.4, -0.2) is 36.1 Å². The van der Waals surface area contributed by atoms with Crippen molar-refractivity contribution in [1.82, 2.24) is 10.2 Å². The highest BCUT2D eigenvalue weighted by atomic mass is 15.2. The highest BCUT2D eigenvalue weighted by Gasteiger charge is 2.27. The van der Waals surface area contributed by atoms with Crippen molar-refractivity contribution in [3.05, 3.63) is 0 Å². The van der Waals surface area contributed by atoms with Crippen molar-refractivity contribution in [3.8, 4) is 6.07 Å². The average molecular weight is 223 g/mol. The average Bonchev–Trinajstić information content (AvgIpc) is 2.29. The normalized spacial score (nSPS) is 24.3. The van der Waals surface area contributed by atoms with Crippen molar-refractivity contribution in [2.45, 2.75) is 64.6 Å². The van der Waals surface area contributed by atoms with Crippen LogP contribution >= 0.6 is 0 Å². The van der Waals surface area contributed by atoms with E-state index >= 15 is 0 Å². The van der Waals surface area contributed by atoms with Crippen molar-refractivity contribution in [1.29, 1.82) is 5.26 Å². The van der Waals surface area contributed by atoms with E-state index in [0.29, 0.717) is 12.1 Å². The largest absolute Gasteiger partial charge is 0.313 e. The van der Waals surface area contributed by atoms with Gasteiger partial charge in [0.05, 0.1) is 12.1 Å². The molecule has 1 aliphatic heterocycles. The van der Waals surface area contributed by atoms with Crippen LogP contribution in [0.1, 0.15) is 46.5 Å². The zero-order valence-corrected chi connectivity index (χ0v) is 10.9. The van der Waals surface area contributed by atoms with Gasteiger partial charge in [0.25, 0.3) is 0 Å². The van der Waals surface area contributed by atoms with Crippen molar-refractivity contribution >= 4 is 0 Å². The molecular weight excluding hydrogens is 198 g/mol. The molecule has 0 bridgehead atoms. The molecule has 1 aliphatic rings. The molecule has 1 N–H and O–H groups in total. The van der Waals surface area contributed by atoms with E-state index in [2.05, 4.69) is 37.1 Å². The molecule has 92 valence electrons. The SMILES string of the molecule is CCC(C#N)N1CCCCC1CNC(C)C.